The first kappa shape index (κ1) is 13.0. The Labute approximate surface area is 86.9 Å². The fraction of sp³-hybridized carbons (Fsp3) is 0.200. The van der Waals surface area contributed by atoms with Gasteiger partial charge < -0.3 is 14.9 Å². The van der Waals surface area contributed by atoms with E-state index >= 15 is 0 Å². The van der Waals surface area contributed by atoms with E-state index in [1.54, 1.807) is 0 Å². The number of phenols is 1. The lowest BCUT2D eigenvalue weighted by Gasteiger charge is -1.92. The van der Waals surface area contributed by atoms with Crippen molar-refractivity contribution in [1.82, 2.24) is 0 Å². The predicted molar refractivity (Wildman–Crippen MR) is 52.8 cm³/mol. The van der Waals surface area contributed by atoms with Gasteiger partial charge in [0.15, 0.2) is 0 Å². The summed E-state index contributed by atoms with van der Waals surface area (Å²) in [4.78, 5) is 19.8. The molecule has 5 nitrogen and oxygen atoms in total. The molecule has 1 aromatic carbocycles. The van der Waals surface area contributed by atoms with Gasteiger partial charge in [0, 0.05) is 6.92 Å². The van der Waals surface area contributed by atoms with Crippen LogP contribution in [0.4, 0.5) is 0 Å². The van der Waals surface area contributed by atoms with Crippen LogP contribution in [-0.4, -0.2) is 29.3 Å². The van der Waals surface area contributed by atoms with Crippen molar-refractivity contribution in [1.29, 1.82) is 0 Å². The first-order valence-electron chi connectivity index (χ1n) is 4.04. The summed E-state index contributed by atoms with van der Waals surface area (Å²) in [6.07, 6.45) is 0. The molecule has 0 aliphatic rings. The molecule has 15 heavy (non-hydrogen) atoms. The van der Waals surface area contributed by atoms with Gasteiger partial charge in [0.2, 0.25) is 0 Å². The molecule has 0 aliphatic carbocycles. The highest BCUT2D eigenvalue weighted by Gasteiger charge is 1.99. The third kappa shape index (κ3) is 6.09. The Morgan fingerprint density at radius 1 is 1.20 bits per heavy atom. The van der Waals surface area contributed by atoms with E-state index in [9.17, 15) is 9.59 Å². The first-order valence-corrected chi connectivity index (χ1v) is 4.04. The van der Waals surface area contributed by atoms with Crippen molar-refractivity contribution in [2.24, 2.45) is 0 Å². The van der Waals surface area contributed by atoms with Gasteiger partial charge in [-0.3, -0.25) is 4.79 Å². The van der Waals surface area contributed by atoms with Crippen LogP contribution in [0.5, 0.6) is 5.75 Å². The Morgan fingerprint density at radius 2 is 1.60 bits per heavy atom. The molecular formula is C10H12O5. The summed E-state index contributed by atoms with van der Waals surface area (Å²) in [5.74, 6) is -1.16. The lowest BCUT2D eigenvalue weighted by molar-refractivity contribution is -0.137. The van der Waals surface area contributed by atoms with Crippen LogP contribution >= 0.6 is 0 Å². The van der Waals surface area contributed by atoms with E-state index in [4.69, 9.17) is 10.2 Å². The number of aromatic hydroxyl groups is 1. The zero-order valence-electron chi connectivity index (χ0n) is 8.43. The summed E-state index contributed by atoms with van der Waals surface area (Å²) in [6.45, 7) is 1.36. The van der Waals surface area contributed by atoms with Gasteiger partial charge in [-0.05, 0) is 24.3 Å². The summed E-state index contributed by atoms with van der Waals surface area (Å²) in [7, 11) is 1.35. The van der Waals surface area contributed by atoms with Gasteiger partial charge in [0.25, 0.3) is 0 Å². The van der Waals surface area contributed by atoms with Gasteiger partial charge in [0.05, 0.1) is 12.7 Å². The molecule has 0 aromatic heterocycles. The topological polar surface area (TPSA) is 83.8 Å². The van der Waals surface area contributed by atoms with Gasteiger partial charge in [-0.25, -0.2) is 4.79 Å². The molecule has 0 unspecified atom stereocenters. The van der Waals surface area contributed by atoms with Crippen LogP contribution in [0.2, 0.25) is 0 Å². The van der Waals surface area contributed by atoms with Crippen molar-refractivity contribution >= 4 is 11.9 Å². The molecule has 0 aliphatic heterocycles. The predicted octanol–water partition coefficient (Wildman–Crippen LogP) is 1.27. The van der Waals surface area contributed by atoms with E-state index in [1.165, 1.54) is 38.3 Å². The molecule has 5 heteroatoms. The molecule has 0 amide bonds. The number of phenolic OH excluding ortho intramolecular Hbond substituents is 1. The minimum atomic E-state index is -0.986. The number of methoxy groups -OCH3 is 1. The molecule has 0 atom stereocenters. The lowest BCUT2D eigenvalue weighted by Crippen LogP contribution is -1.93. The van der Waals surface area contributed by atoms with Crippen molar-refractivity contribution in [2.75, 3.05) is 7.11 Å². The second kappa shape index (κ2) is 6.42. The molecule has 1 rings (SSSR count). The van der Waals surface area contributed by atoms with Crippen LogP contribution in [0.15, 0.2) is 24.3 Å². The van der Waals surface area contributed by atoms with Crippen LogP contribution in [0, 0.1) is 0 Å². The van der Waals surface area contributed by atoms with Gasteiger partial charge >= 0.3 is 11.9 Å². The molecule has 82 valence electrons. The molecule has 0 radical (unpaired) electrons. The van der Waals surface area contributed by atoms with E-state index in [0.29, 0.717) is 0 Å². The fourth-order valence-electron chi connectivity index (χ4n) is 0.604. The van der Waals surface area contributed by atoms with Crippen molar-refractivity contribution in [3.63, 3.8) is 0 Å². The number of hydrogen-bond donors (Lipinski definition) is 2. The largest absolute Gasteiger partial charge is 0.508 e. The number of carboxylic acids is 1. The van der Waals surface area contributed by atoms with Crippen molar-refractivity contribution in [3.05, 3.63) is 29.8 Å². The maximum Gasteiger partial charge on any atom is 0.335 e. The Hall–Kier alpha value is -2.04. The average molecular weight is 212 g/mol. The monoisotopic (exact) mass is 212 g/mol. The minimum Gasteiger partial charge on any atom is -0.508 e. The summed E-state index contributed by atoms with van der Waals surface area (Å²) in [5, 5.41) is 17.1. The molecule has 0 fully saturated rings. The van der Waals surface area contributed by atoms with Crippen LogP contribution in [-0.2, 0) is 9.53 Å². The summed E-state index contributed by atoms with van der Waals surface area (Å²) < 4.78 is 4.11. The number of benzene rings is 1. The number of esters is 1. The highest BCUT2D eigenvalue weighted by atomic mass is 16.5. The second-order valence-corrected chi connectivity index (χ2v) is 2.55. The van der Waals surface area contributed by atoms with Crippen LogP contribution in [0.3, 0.4) is 0 Å². The maximum atomic E-state index is 10.2. The first-order chi connectivity index (χ1) is 6.97. The van der Waals surface area contributed by atoms with Gasteiger partial charge in [-0.1, -0.05) is 0 Å². The number of hydrogen-bond acceptors (Lipinski definition) is 4. The zero-order chi connectivity index (χ0) is 11.8. The smallest absolute Gasteiger partial charge is 0.335 e. The average Bonchev–Trinajstić information content (AvgIpc) is 2.19. The number of ether oxygens (including phenoxy) is 1. The van der Waals surface area contributed by atoms with Crippen molar-refractivity contribution in [3.8, 4) is 5.75 Å². The van der Waals surface area contributed by atoms with Crippen LogP contribution in [0.1, 0.15) is 17.3 Å². The number of carbonyl (C=O) groups excluding carboxylic acids is 1. The summed E-state index contributed by atoms with van der Waals surface area (Å²) in [6, 6.07) is 5.36. The number of carboxylic acid groups (broad SMARTS) is 1. The fourth-order valence-corrected chi connectivity index (χ4v) is 0.604. The van der Waals surface area contributed by atoms with Crippen LogP contribution < -0.4 is 0 Å². The van der Waals surface area contributed by atoms with Gasteiger partial charge in [-0.15, -0.1) is 0 Å². The quantitative estimate of drug-likeness (QED) is 0.685. The Morgan fingerprint density at radius 3 is 1.87 bits per heavy atom. The maximum absolute atomic E-state index is 10.2. The van der Waals surface area contributed by atoms with E-state index < -0.39 is 5.97 Å². The van der Waals surface area contributed by atoms with E-state index in [2.05, 4.69) is 4.74 Å². The normalized spacial score (nSPS) is 8.40. The second-order valence-electron chi connectivity index (χ2n) is 2.55. The zero-order valence-corrected chi connectivity index (χ0v) is 8.43. The number of rotatable bonds is 1. The highest BCUT2D eigenvalue weighted by molar-refractivity contribution is 5.87. The van der Waals surface area contributed by atoms with E-state index in [-0.39, 0.29) is 17.3 Å². The van der Waals surface area contributed by atoms with Gasteiger partial charge in [-0.2, -0.15) is 0 Å². The Kier molecular flexibility index (Phi) is 5.55. The molecule has 2 N–H and O–H groups in total. The van der Waals surface area contributed by atoms with E-state index in [0.717, 1.165) is 0 Å². The minimum absolute atomic E-state index is 0.0741. The number of carbonyl (C=O) groups is 2. The third-order valence-corrected chi connectivity index (χ3v) is 1.40. The molecule has 0 saturated heterocycles. The molecule has 0 saturated carbocycles. The molecule has 0 spiro atoms. The standard InChI is InChI=1S/C7H6O3.C3H6O2/c8-6-3-1-5(2-4-6)7(9)10;1-3(4)5-2/h1-4,8H,(H,9,10);1-2H3. The summed E-state index contributed by atoms with van der Waals surface area (Å²) in [5.41, 5.74) is 0.179. The van der Waals surface area contributed by atoms with Crippen LogP contribution in [0.25, 0.3) is 0 Å². The highest BCUT2D eigenvalue weighted by Crippen LogP contribution is 2.08. The molecule has 0 bridgehead atoms. The molecule has 1 aromatic rings. The Balaban J connectivity index is 0.000000336. The third-order valence-electron chi connectivity index (χ3n) is 1.40. The van der Waals surface area contributed by atoms with Gasteiger partial charge in [0.1, 0.15) is 5.75 Å². The SMILES string of the molecule is COC(C)=O.O=C(O)c1ccc(O)cc1. The van der Waals surface area contributed by atoms with E-state index in [1.807, 2.05) is 0 Å². The number of aromatic carboxylic acids is 1. The van der Waals surface area contributed by atoms with Crippen molar-refractivity contribution in [2.45, 2.75) is 6.92 Å². The molecule has 0 heterocycles. The Bertz CT molecular complexity index is 328. The molecular weight excluding hydrogens is 200 g/mol. The summed E-state index contributed by atoms with van der Waals surface area (Å²) >= 11 is 0. The lowest BCUT2D eigenvalue weighted by atomic mass is 10.2. The van der Waals surface area contributed by atoms with Crippen molar-refractivity contribution < 1.29 is 24.5 Å².